The maximum absolute atomic E-state index is 11.7. The second-order valence-electron chi connectivity index (χ2n) is 4.66. The van der Waals surface area contributed by atoms with E-state index in [1.54, 1.807) is 18.7 Å². The molecule has 0 aromatic heterocycles. The molecule has 0 saturated heterocycles. The van der Waals surface area contributed by atoms with Crippen molar-refractivity contribution in [3.63, 3.8) is 0 Å². The van der Waals surface area contributed by atoms with Crippen molar-refractivity contribution in [2.75, 3.05) is 19.8 Å². The van der Waals surface area contributed by atoms with Gasteiger partial charge in [-0.1, -0.05) is 28.1 Å². The molecular formula is C14H17BrN2OS. The van der Waals surface area contributed by atoms with Crippen LogP contribution in [0.15, 0.2) is 34.9 Å². The first kappa shape index (κ1) is 14.6. The SMILES string of the molecule is CC(=O)C1CSC(c2ccc(Br)cc2)=CN1N(C)C. The van der Waals surface area contributed by atoms with Gasteiger partial charge in [0.1, 0.15) is 6.04 Å². The van der Waals surface area contributed by atoms with E-state index in [1.807, 2.05) is 36.2 Å². The first-order valence-corrected chi connectivity index (χ1v) is 7.83. The number of nitrogens with zero attached hydrogens (tertiary/aromatic N) is 2. The second-order valence-corrected chi connectivity index (χ2v) is 6.64. The Bertz CT molecular complexity index is 499. The second kappa shape index (κ2) is 6.11. The third kappa shape index (κ3) is 3.41. The molecule has 0 radical (unpaired) electrons. The van der Waals surface area contributed by atoms with E-state index in [4.69, 9.17) is 0 Å². The van der Waals surface area contributed by atoms with E-state index < -0.39 is 0 Å². The molecule has 0 fully saturated rings. The predicted molar refractivity (Wildman–Crippen MR) is 84.6 cm³/mol. The normalized spacial score (nSPS) is 19.5. The lowest BCUT2D eigenvalue weighted by Gasteiger charge is -2.37. The summed E-state index contributed by atoms with van der Waals surface area (Å²) in [5.74, 6) is 0.988. The number of benzene rings is 1. The zero-order valence-electron chi connectivity index (χ0n) is 11.3. The van der Waals surface area contributed by atoms with Crippen molar-refractivity contribution in [3.8, 4) is 0 Å². The van der Waals surface area contributed by atoms with E-state index in [0.717, 1.165) is 10.2 Å². The van der Waals surface area contributed by atoms with Crippen LogP contribution in [0.4, 0.5) is 0 Å². The van der Waals surface area contributed by atoms with Crippen LogP contribution in [-0.2, 0) is 4.79 Å². The van der Waals surface area contributed by atoms with E-state index in [2.05, 4.69) is 34.3 Å². The number of carbonyl (C=O) groups excluding carboxylic acids is 1. The van der Waals surface area contributed by atoms with Crippen molar-refractivity contribution in [2.24, 2.45) is 0 Å². The number of thioether (sulfide) groups is 1. The van der Waals surface area contributed by atoms with Gasteiger partial charge in [-0.3, -0.25) is 4.79 Å². The van der Waals surface area contributed by atoms with Crippen molar-refractivity contribution in [1.29, 1.82) is 0 Å². The molecule has 0 bridgehead atoms. The Labute approximate surface area is 126 Å². The molecule has 1 unspecified atom stereocenters. The Morgan fingerprint density at radius 2 is 2.00 bits per heavy atom. The summed E-state index contributed by atoms with van der Waals surface area (Å²) >= 11 is 5.18. The van der Waals surface area contributed by atoms with Gasteiger partial charge < -0.3 is 5.01 Å². The summed E-state index contributed by atoms with van der Waals surface area (Å²) in [5, 5.41) is 3.97. The standard InChI is InChI=1S/C14H17BrN2OS/c1-10(18)13-9-19-14(8-17(13)16(2)3)11-4-6-12(15)7-5-11/h4-8,13H,9H2,1-3H3. The molecule has 0 aliphatic carbocycles. The quantitative estimate of drug-likeness (QED) is 0.842. The Morgan fingerprint density at radius 3 is 2.53 bits per heavy atom. The highest BCUT2D eigenvalue weighted by Gasteiger charge is 2.27. The Hall–Kier alpha value is -0.780. The van der Waals surface area contributed by atoms with E-state index in [1.165, 1.54) is 10.5 Å². The van der Waals surface area contributed by atoms with Crippen LogP contribution in [0, 0.1) is 0 Å². The van der Waals surface area contributed by atoms with Crippen LogP contribution in [0.2, 0.25) is 0 Å². The molecular weight excluding hydrogens is 324 g/mol. The van der Waals surface area contributed by atoms with Gasteiger partial charge in [0.2, 0.25) is 0 Å². The van der Waals surface area contributed by atoms with E-state index in [0.29, 0.717) is 0 Å². The van der Waals surface area contributed by atoms with Gasteiger partial charge in [0, 0.05) is 35.4 Å². The maximum atomic E-state index is 11.7. The zero-order chi connectivity index (χ0) is 14.0. The number of halogens is 1. The molecule has 3 nitrogen and oxygen atoms in total. The minimum Gasteiger partial charge on any atom is -0.301 e. The van der Waals surface area contributed by atoms with E-state index in [9.17, 15) is 4.79 Å². The first-order chi connectivity index (χ1) is 8.99. The van der Waals surface area contributed by atoms with E-state index >= 15 is 0 Å². The Morgan fingerprint density at radius 1 is 1.37 bits per heavy atom. The molecule has 2 rings (SSSR count). The van der Waals surface area contributed by atoms with Crippen LogP contribution in [-0.4, -0.2) is 41.7 Å². The molecule has 0 amide bonds. The highest BCUT2D eigenvalue weighted by Crippen LogP contribution is 2.34. The molecule has 102 valence electrons. The topological polar surface area (TPSA) is 23.6 Å². The summed E-state index contributed by atoms with van der Waals surface area (Å²) in [6.07, 6.45) is 2.06. The van der Waals surface area contributed by atoms with E-state index in [-0.39, 0.29) is 11.8 Å². The van der Waals surface area contributed by atoms with Gasteiger partial charge in [-0.05, 0) is 24.6 Å². The third-order valence-corrected chi connectivity index (χ3v) is 4.69. The molecule has 1 aliphatic heterocycles. The zero-order valence-corrected chi connectivity index (χ0v) is 13.7. The summed E-state index contributed by atoms with van der Waals surface area (Å²) in [4.78, 5) is 12.9. The fourth-order valence-electron chi connectivity index (χ4n) is 1.96. The molecule has 1 aliphatic rings. The minimum atomic E-state index is -0.0702. The van der Waals surface area contributed by atoms with Gasteiger partial charge in [0.05, 0.1) is 0 Å². The van der Waals surface area contributed by atoms with Gasteiger partial charge in [0.15, 0.2) is 5.78 Å². The van der Waals surface area contributed by atoms with Crippen LogP contribution < -0.4 is 0 Å². The van der Waals surface area contributed by atoms with Crippen molar-refractivity contribution >= 4 is 38.4 Å². The smallest absolute Gasteiger partial charge is 0.154 e. The maximum Gasteiger partial charge on any atom is 0.154 e. The van der Waals surface area contributed by atoms with Crippen LogP contribution in [0.3, 0.4) is 0 Å². The Balaban J connectivity index is 2.30. The van der Waals surface area contributed by atoms with Gasteiger partial charge in [-0.25, -0.2) is 5.01 Å². The van der Waals surface area contributed by atoms with Gasteiger partial charge in [0.25, 0.3) is 0 Å². The fourth-order valence-corrected chi connectivity index (χ4v) is 3.44. The first-order valence-electron chi connectivity index (χ1n) is 6.05. The highest BCUT2D eigenvalue weighted by molar-refractivity contribution is 9.10. The molecule has 0 saturated carbocycles. The summed E-state index contributed by atoms with van der Waals surface area (Å²) in [5.41, 5.74) is 1.18. The molecule has 0 spiro atoms. The summed E-state index contributed by atoms with van der Waals surface area (Å²) in [6, 6.07) is 8.18. The lowest BCUT2D eigenvalue weighted by atomic mass is 10.2. The molecule has 1 aromatic rings. The number of hydrazine groups is 1. The predicted octanol–water partition coefficient (Wildman–Crippen LogP) is 3.23. The molecule has 0 N–H and O–H groups in total. The largest absolute Gasteiger partial charge is 0.301 e. The average Bonchev–Trinajstić information content (AvgIpc) is 2.38. The average molecular weight is 341 g/mol. The van der Waals surface area contributed by atoms with Crippen molar-refractivity contribution in [3.05, 3.63) is 40.5 Å². The molecule has 1 heterocycles. The van der Waals surface area contributed by atoms with Crippen LogP contribution in [0.5, 0.6) is 0 Å². The lowest BCUT2D eigenvalue weighted by molar-refractivity contribution is -0.124. The van der Waals surface area contributed by atoms with Gasteiger partial charge in [-0.2, -0.15) is 0 Å². The van der Waals surface area contributed by atoms with Crippen molar-refractivity contribution in [2.45, 2.75) is 13.0 Å². The number of Topliss-reactive ketones (excluding diaryl/α,β-unsaturated/α-hetero) is 1. The number of ketones is 1. The number of hydrogen-bond acceptors (Lipinski definition) is 4. The highest BCUT2D eigenvalue weighted by atomic mass is 79.9. The minimum absolute atomic E-state index is 0.0702. The number of carbonyl (C=O) groups is 1. The molecule has 1 aromatic carbocycles. The summed E-state index contributed by atoms with van der Waals surface area (Å²) in [7, 11) is 3.92. The van der Waals surface area contributed by atoms with Crippen molar-refractivity contribution in [1.82, 2.24) is 10.0 Å². The van der Waals surface area contributed by atoms with Crippen LogP contribution >= 0.6 is 27.7 Å². The van der Waals surface area contributed by atoms with Gasteiger partial charge >= 0.3 is 0 Å². The molecule has 19 heavy (non-hydrogen) atoms. The number of rotatable bonds is 3. The van der Waals surface area contributed by atoms with Gasteiger partial charge in [-0.15, -0.1) is 11.8 Å². The summed E-state index contributed by atoms with van der Waals surface area (Å²) < 4.78 is 1.07. The molecule has 5 heteroatoms. The van der Waals surface area contributed by atoms with Crippen LogP contribution in [0.25, 0.3) is 4.91 Å². The molecule has 1 atom stereocenters. The number of hydrogen-bond donors (Lipinski definition) is 0. The third-order valence-electron chi connectivity index (χ3n) is 3.03. The fraction of sp³-hybridized carbons (Fsp3) is 0.357. The van der Waals surface area contributed by atoms with Crippen molar-refractivity contribution < 1.29 is 4.79 Å². The Kier molecular flexibility index (Phi) is 4.71. The lowest BCUT2D eigenvalue weighted by Crippen LogP contribution is -2.47. The van der Waals surface area contributed by atoms with Crippen LogP contribution in [0.1, 0.15) is 12.5 Å². The monoisotopic (exact) mass is 340 g/mol. The summed E-state index contributed by atoms with van der Waals surface area (Å²) in [6.45, 7) is 1.65.